The topological polar surface area (TPSA) is 43.4 Å². The summed E-state index contributed by atoms with van der Waals surface area (Å²) in [5, 5.41) is 0. The molecule has 8 heteroatoms. The van der Waals surface area contributed by atoms with Gasteiger partial charge in [-0.25, -0.2) is 0 Å². The predicted molar refractivity (Wildman–Crippen MR) is 146 cm³/mol. The van der Waals surface area contributed by atoms with E-state index in [0.29, 0.717) is 17.9 Å². The minimum absolute atomic E-state index is 0.101. The molecule has 36 heavy (non-hydrogen) atoms. The first-order valence-electron chi connectivity index (χ1n) is 14.1. The summed E-state index contributed by atoms with van der Waals surface area (Å²) in [6, 6.07) is 5.60. The molecule has 4 fully saturated rings. The second-order valence-corrected chi connectivity index (χ2v) is 13.8. The van der Waals surface area contributed by atoms with Crippen LogP contribution in [0.2, 0.25) is 5.82 Å². The molecule has 2 atom stereocenters. The van der Waals surface area contributed by atoms with Crippen molar-refractivity contribution in [3.63, 3.8) is 0 Å². The molecule has 0 N–H and O–H groups in total. The molecule has 2 unspecified atom stereocenters. The molecule has 0 amide bonds. The first-order valence-corrected chi connectivity index (χ1v) is 14.1. The van der Waals surface area contributed by atoms with Crippen LogP contribution in [0.3, 0.4) is 0 Å². The van der Waals surface area contributed by atoms with Gasteiger partial charge in [-0.2, -0.15) is 0 Å². The summed E-state index contributed by atoms with van der Waals surface area (Å²) in [5.41, 5.74) is 4.46. The van der Waals surface area contributed by atoms with Crippen LogP contribution in [0, 0.1) is 0 Å². The van der Waals surface area contributed by atoms with Crippen molar-refractivity contribution >= 4 is 25.4 Å². The van der Waals surface area contributed by atoms with Crippen LogP contribution in [0.5, 0.6) is 0 Å². The van der Waals surface area contributed by atoms with E-state index in [1.807, 2.05) is 0 Å². The van der Waals surface area contributed by atoms with Crippen LogP contribution in [-0.2, 0) is 18.6 Å². The van der Waals surface area contributed by atoms with Gasteiger partial charge < -0.3 is 23.5 Å². The highest BCUT2D eigenvalue weighted by Gasteiger charge is 2.56. The summed E-state index contributed by atoms with van der Waals surface area (Å²) in [7, 11) is 1.89. The molecule has 2 bridgehead atoms. The monoisotopic (exact) mass is 494 g/mol. The van der Waals surface area contributed by atoms with E-state index in [1.54, 1.807) is 0 Å². The minimum atomic E-state index is -0.331. The molecule has 6 nitrogen and oxygen atoms in total. The van der Waals surface area contributed by atoms with Crippen LogP contribution in [0.25, 0.3) is 0 Å². The first kappa shape index (κ1) is 25.2. The lowest BCUT2D eigenvalue weighted by Gasteiger charge is -2.37. The molecule has 0 spiro atoms. The Morgan fingerprint density at radius 2 is 1.19 bits per heavy atom. The molecule has 0 radical (unpaired) electrons. The van der Waals surface area contributed by atoms with Gasteiger partial charge in [0.25, 0.3) is 0 Å². The average molecular weight is 494 g/mol. The fourth-order valence-corrected chi connectivity index (χ4v) is 6.94. The number of benzene rings is 1. The number of rotatable bonds is 3. The number of hydrogen-bond donors (Lipinski definition) is 0. The average Bonchev–Trinajstić information content (AvgIpc) is 3.43. The molecule has 0 saturated carbocycles. The SMILES string of the molecule is CN1C2CCC1c1c(N3CCC(B4OC(C)(C)C(C)(C)O4)CC3)ccc(B3OC(C)(C)C(C)(C)O3)c12. The maximum absolute atomic E-state index is 6.53. The predicted octanol–water partition coefficient (Wildman–Crippen LogP) is 4.87. The van der Waals surface area contributed by atoms with Crippen molar-refractivity contribution in [2.75, 3.05) is 25.0 Å². The fraction of sp³-hybridized carbons (Fsp3) is 0.786. The normalized spacial score (nSPS) is 32.5. The van der Waals surface area contributed by atoms with Crippen LogP contribution in [0.1, 0.15) is 104 Å². The van der Waals surface area contributed by atoms with Gasteiger partial charge in [0.15, 0.2) is 0 Å². The quantitative estimate of drug-likeness (QED) is 0.559. The standard InChI is InChI=1S/C28H44B2N2O4/c1-25(2)26(3,4)34-29(33-25)18-14-16-32(17-15-18)22-11-10-19(30-35-27(5,6)28(7,8)36-30)23-20-12-13-21(24(22)23)31(20)9/h10-11,18,20-21H,12-17H2,1-9H3. The van der Waals surface area contributed by atoms with Crippen LogP contribution in [0.15, 0.2) is 12.1 Å². The number of nitrogens with zero attached hydrogens (tertiary/aromatic N) is 2. The molecule has 4 saturated heterocycles. The summed E-state index contributed by atoms with van der Waals surface area (Å²) in [5.74, 6) is 0.443. The lowest BCUT2D eigenvalue weighted by molar-refractivity contribution is 0.00578. The lowest BCUT2D eigenvalue weighted by atomic mass is 9.66. The Labute approximate surface area is 218 Å². The van der Waals surface area contributed by atoms with Gasteiger partial charge >= 0.3 is 14.2 Å². The third kappa shape index (κ3) is 3.58. The first-order chi connectivity index (χ1) is 16.7. The summed E-state index contributed by atoms with van der Waals surface area (Å²) in [6.07, 6.45) is 4.63. The smallest absolute Gasteiger partial charge is 0.403 e. The molecule has 5 aliphatic rings. The van der Waals surface area contributed by atoms with Gasteiger partial charge in [0.2, 0.25) is 0 Å². The van der Waals surface area contributed by atoms with Gasteiger partial charge in [0.1, 0.15) is 0 Å². The zero-order valence-electron chi connectivity index (χ0n) is 23.8. The van der Waals surface area contributed by atoms with Crippen LogP contribution < -0.4 is 10.4 Å². The van der Waals surface area contributed by atoms with Gasteiger partial charge in [0, 0.05) is 30.9 Å². The van der Waals surface area contributed by atoms with E-state index in [4.69, 9.17) is 18.6 Å². The molecule has 1 aromatic rings. The zero-order valence-corrected chi connectivity index (χ0v) is 23.8. The van der Waals surface area contributed by atoms with Crippen LogP contribution in [-0.4, -0.2) is 61.7 Å². The van der Waals surface area contributed by atoms with Gasteiger partial charge in [0.05, 0.1) is 22.4 Å². The van der Waals surface area contributed by atoms with E-state index in [0.717, 1.165) is 25.9 Å². The molecular formula is C28H44B2N2O4. The van der Waals surface area contributed by atoms with Gasteiger partial charge in [-0.3, -0.25) is 4.90 Å². The molecule has 6 rings (SSSR count). The fourth-order valence-electron chi connectivity index (χ4n) is 6.94. The van der Waals surface area contributed by atoms with Crippen molar-refractivity contribution in [3.05, 3.63) is 23.3 Å². The summed E-state index contributed by atoms with van der Waals surface area (Å²) in [6.45, 7) is 19.3. The Bertz CT molecular complexity index is 1020. The van der Waals surface area contributed by atoms with E-state index >= 15 is 0 Å². The molecule has 0 aliphatic carbocycles. The van der Waals surface area contributed by atoms with Crippen molar-refractivity contribution in [3.8, 4) is 0 Å². The second-order valence-electron chi connectivity index (χ2n) is 13.8. The Balaban J connectivity index is 1.26. The maximum atomic E-state index is 6.53. The number of fused-ring (bicyclic) bond motifs is 5. The lowest BCUT2D eigenvalue weighted by Crippen LogP contribution is -2.41. The summed E-state index contributed by atoms with van der Waals surface area (Å²) < 4.78 is 25.9. The summed E-state index contributed by atoms with van der Waals surface area (Å²) in [4.78, 5) is 5.20. The highest BCUT2D eigenvalue weighted by molar-refractivity contribution is 6.62. The second kappa shape index (κ2) is 7.98. The Morgan fingerprint density at radius 3 is 1.75 bits per heavy atom. The summed E-state index contributed by atoms with van der Waals surface area (Å²) >= 11 is 0. The van der Waals surface area contributed by atoms with E-state index in [9.17, 15) is 0 Å². The molecule has 1 aromatic carbocycles. The van der Waals surface area contributed by atoms with Gasteiger partial charge in [-0.15, -0.1) is 0 Å². The molecule has 5 heterocycles. The van der Waals surface area contributed by atoms with Crippen molar-refractivity contribution in [2.45, 2.75) is 121 Å². The van der Waals surface area contributed by atoms with E-state index in [-0.39, 0.29) is 36.6 Å². The number of hydrogen-bond acceptors (Lipinski definition) is 6. The highest BCUT2D eigenvalue weighted by Crippen LogP contribution is 2.55. The van der Waals surface area contributed by atoms with Gasteiger partial charge in [-0.05, 0) is 117 Å². The largest absolute Gasteiger partial charge is 0.495 e. The van der Waals surface area contributed by atoms with Crippen molar-refractivity contribution in [1.82, 2.24) is 4.90 Å². The van der Waals surface area contributed by atoms with Crippen molar-refractivity contribution < 1.29 is 18.6 Å². The zero-order chi connectivity index (χ0) is 25.8. The minimum Gasteiger partial charge on any atom is -0.403 e. The Hall–Kier alpha value is -1.05. The molecular weight excluding hydrogens is 450 g/mol. The number of anilines is 1. The maximum Gasteiger partial charge on any atom is 0.495 e. The number of piperidine rings is 1. The van der Waals surface area contributed by atoms with E-state index in [2.05, 4.69) is 84.4 Å². The van der Waals surface area contributed by atoms with E-state index in [1.165, 1.54) is 35.1 Å². The van der Waals surface area contributed by atoms with Crippen LogP contribution >= 0.6 is 0 Å². The molecule has 196 valence electrons. The molecule has 0 aromatic heterocycles. The molecule has 5 aliphatic heterocycles. The third-order valence-corrected chi connectivity index (χ3v) is 10.7. The Kier molecular flexibility index (Phi) is 5.60. The highest BCUT2D eigenvalue weighted by atomic mass is 16.7. The van der Waals surface area contributed by atoms with E-state index < -0.39 is 0 Å². The van der Waals surface area contributed by atoms with Crippen molar-refractivity contribution in [2.24, 2.45) is 0 Å². The van der Waals surface area contributed by atoms with Crippen LogP contribution in [0.4, 0.5) is 5.69 Å². The third-order valence-electron chi connectivity index (χ3n) is 10.7. The Morgan fingerprint density at radius 1 is 0.694 bits per heavy atom. The van der Waals surface area contributed by atoms with Gasteiger partial charge in [-0.1, -0.05) is 6.07 Å². The van der Waals surface area contributed by atoms with Crippen molar-refractivity contribution in [1.29, 1.82) is 0 Å².